The maximum atomic E-state index is 11.6. The molecule has 0 aliphatic carbocycles. The molecule has 0 saturated heterocycles. The highest BCUT2D eigenvalue weighted by Gasteiger charge is 2.05. The third-order valence-corrected chi connectivity index (χ3v) is 3.41. The fourth-order valence-electron chi connectivity index (χ4n) is 1.69. The first-order chi connectivity index (χ1) is 8.83. The number of nitrogens with one attached hydrogen (secondary N) is 1. The van der Waals surface area contributed by atoms with Gasteiger partial charge in [0.25, 0.3) is 0 Å². The van der Waals surface area contributed by atoms with Crippen molar-refractivity contribution in [1.29, 1.82) is 0 Å². The van der Waals surface area contributed by atoms with E-state index in [1.54, 1.807) is 23.7 Å². The van der Waals surface area contributed by atoms with Gasteiger partial charge in [0, 0.05) is 18.0 Å². The molecule has 0 atom stereocenters. The van der Waals surface area contributed by atoms with Crippen molar-refractivity contribution in [2.24, 2.45) is 0 Å². The monoisotopic (exact) mass is 255 g/mol. The topological polar surface area (TPSA) is 58.6 Å². The maximum Gasteiger partial charge on any atom is 0.345 e. The van der Waals surface area contributed by atoms with Gasteiger partial charge in [-0.1, -0.05) is 6.07 Å². The molecule has 0 saturated carbocycles. The summed E-state index contributed by atoms with van der Waals surface area (Å²) in [6, 6.07) is 9.46. The lowest BCUT2D eigenvalue weighted by molar-refractivity contribution is 1.09. The van der Waals surface area contributed by atoms with Crippen molar-refractivity contribution in [1.82, 2.24) is 15.0 Å². The van der Waals surface area contributed by atoms with E-state index in [-0.39, 0.29) is 5.69 Å². The molecule has 0 amide bonds. The van der Waals surface area contributed by atoms with Crippen LogP contribution in [0.25, 0.3) is 21.8 Å². The summed E-state index contributed by atoms with van der Waals surface area (Å²) in [4.78, 5) is 23.3. The predicted octanol–water partition coefficient (Wildman–Crippen LogP) is 2.56. The molecule has 0 bridgehead atoms. The van der Waals surface area contributed by atoms with Gasteiger partial charge in [-0.3, -0.25) is 4.98 Å². The number of thiophene rings is 1. The highest BCUT2D eigenvalue weighted by molar-refractivity contribution is 7.13. The van der Waals surface area contributed by atoms with Gasteiger partial charge in [0.15, 0.2) is 0 Å². The molecular weight excluding hydrogens is 246 g/mol. The first kappa shape index (κ1) is 10.9. The molecular formula is C13H9N3OS. The molecule has 0 radical (unpaired) electrons. The number of pyridine rings is 1. The van der Waals surface area contributed by atoms with E-state index in [0.29, 0.717) is 5.69 Å². The minimum absolute atomic E-state index is 0.340. The molecule has 5 heteroatoms. The normalized spacial score (nSPS) is 10.4. The van der Waals surface area contributed by atoms with Crippen LogP contribution in [0.5, 0.6) is 0 Å². The molecule has 3 aromatic heterocycles. The van der Waals surface area contributed by atoms with Gasteiger partial charge < -0.3 is 4.98 Å². The molecule has 0 aliphatic heterocycles. The lowest BCUT2D eigenvalue weighted by atomic mass is 10.1. The fourth-order valence-corrected chi connectivity index (χ4v) is 2.39. The lowest BCUT2D eigenvalue weighted by Gasteiger charge is -2.02. The van der Waals surface area contributed by atoms with Gasteiger partial charge in [-0.05, 0) is 29.6 Å². The summed E-state index contributed by atoms with van der Waals surface area (Å²) in [7, 11) is 0. The zero-order valence-electron chi connectivity index (χ0n) is 9.33. The number of aromatic amines is 1. The van der Waals surface area contributed by atoms with E-state index < -0.39 is 0 Å². The van der Waals surface area contributed by atoms with Crippen molar-refractivity contribution in [3.8, 4) is 21.8 Å². The Morgan fingerprint density at radius 3 is 2.72 bits per heavy atom. The molecule has 0 aliphatic rings. The minimum atomic E-state index is -0.340. The number of H-pyrrole nitrogens is 1. The van der Waals surface area contributed by atoms with Crippen molar-refractivity contribution in [3.05, 3.63) is 58.6 Å². The van der Waals surface area contributed by atoms with E-state index in [9.17, 15) is 4.79 Å². The largest absolute Gasteiger partial charge is 0.345 e. The minimum Gasteiger partial charge on any atom is -0.305 e. The Balaban J connectivity index is 2.15. The second kappa shape index (κ2) is 4.54. The zero-order chi connectivity index (χ0) is 12.4. The van der Waals surface area contributed by atoms with Crippen LogP contribution in [0.2, 0.25) is 0 Å². The molecule has 3 rings (SSSR count). The van der Waals surface area contributed by atoms with Crippen LogP contribution in [0, 0.1) is 0 Å². The van der Waals surface area contributed by atoms with Crippen LogP contribution in [0.1, 0.15) is 0 Å². The molecule has 0 spiro atoms. The summed E-state index contributed by atoms with van der Waals surface area (Å²) in [6.07, 6.45) is 3.37. The number of hydrogen-bond acceptors (Lipinski definition) is 4. The summed E-state index contributed by atoms with van der Waals surface area (Å²) in [5.41, 5.74) is 1.99. The van der Waals surface area contributed by atoms with Crippen molar-refractivity contribution >= 4 is 11.3 Å². The number of nitrogens with zero attached hydrogens (tertiary/aromatic N) is 2. The summed E-state index contributed by atoms with van der Waals surface area (Å²) < 4.78 is 0. The average Bonchev–Trinajstić information content (AvgIpc) is 2.93. The molecule has 3 heterocycles. The molecule has 0 unspecified atom stereocenters. The Bertz CT molecular complexity index is 705. The van der Waals surface area contributed by atoms with Crippen molar-refractivity contribution < 1.29 is 0 Å². The van der Waals surface area contributed by atoms with Crippen LogP contribution in [0.3, 0.4) is 0 Å². The van der Waals surface area contributed by atoms with E-state index >= 15 is 0 Å². The van der Waals surface area contributed by atoms with Crippen LogP contribution in [0.15, 0.2) is 52.9 Å². The van der Waals surface area contributed by atoms with Crippen molar-refractivity contribution in [2.45, 2.75) is 0 Å². The molecule has 0 aromatic carbocycles. The third-order valence-electron chi connectivity index (χ3n) is 2.51. The number of hydrogen-bond donors (Lipinski definition) is 1. The first-order valence-corrected chi connectivity index (χ1v) is 6.26. The molecule has 1 N–H and O–H groups in total. The Hall–Kier alpha value is -2.27. The van der Waals surface area contributed by atoms with E-state index in [4.69, 9.17) is 0 Å². The van der Waals surface area contributed by atoms with Gasteiger partial charge in [-0.25, -0.2) is 4.79 Å². The Morgan fingerprint density at radius 2 is 2.00 bits per heavy atom. The zero-order valence-corrected chi connectivity index (χ0v) is 10.1. The lowest BCUT2D eigenvalue weighted by Crippen LogP contribution is -2.11. The number of rotatable bonds is 2. The Morgan fingerprint density at radius 1 is 1.17 bits per heavy atom. The summed E-state index contributed by atoms with van der Waals surface area (Å²) in [6.45, 7) is 0. The molecule has 18 heavy (non-hydrogen) atoms. The first-order valence-electron chi connectivity index (χ1n) is 5.38. The highest BCUT2D eigenvalue weighted by atomic mass is 32.1. The smallest absolute Gasteiger partial charge is 0.305 e. The highest BCUT2D eigenvalue weighted by Crippen LogP contribution is 2.24. The van der Waals surface area contributed by atoms with Crippen LogP contribution in [0.4, 0.5) is 0 Å². The predicted molar refractivity (Wildman–Crippen MR) is 71.4 cm³/mol. The van der Waals surface area contributed by atoms with E-state index in [2.05, 4.69) is 15.0 Å². The van der Waals surface area contributed by atoms with E-state index in [1.807, 2.05) is 35.7 Å². The second-order valence-electron chi connectivity index (χ2n) is 3.70. The van der Waals surface area contributed by atoms with Gasteiger partial charge in [-0.15, -0.1) is 11.3 Å². The SMILES string of the molecule is O=c1nc(-c2ccncc2)cc(-c2cccs2)[nH]1. The van der Waals surface area contributed by atoms with Crippen LogP contribution in [-0.2, 0) is 0 Å². The summed E-state index contributed by atoms with van der Waals surface area (Å²) >= 11 is 1.58. The summed E-state index contributed by atoms with van der Waals surface area (Å²) in [5.74, 6) is 0. The molecule has 3 aromatic rings. The Labute approximate surface area is 107 Å². The van der Waals surface area contributed by atoms with E-state index in [0.717, 1.165) is 16.1 Å². The average molecular weight is 255 g/mol. The van der Waals surface area contributed by atoms with Gasteiger partial charge in [0.2, 0.25) is 0 Å². The Kier molecular flexibility index (Phi) is 2.74. The fraction of sp³-hybridized carbons (Fsp3) is 0. The van der Waals surface area contributed by atoms with Crippen molar-refractivity contribution in [3.63, 3.8) is 0 Å². The van der Waals surface area contributed by atoms with Crippen LogP contribution < -0.4 is 5.69 Å². The summed E-state index contributed by atoms with van der Waals surface area (Å²) in [5, 5.41) is 1.97. The van der Waals surface area contributed by atoms with Gasteiger partial charge in [-0.2, -0.15) is 4.98 Å². The van der Waals surface area contributed by atoms with Crippen LogP contribution in [-0.4, -0.2) is 15.0 Å². The maximum absolute atomic E-state index is 11.6. The number of aromatic nitrogens is 3. The van der Waals surface area contributed by atoms with Crippen molar-refractivity contribution in [2.75, 3.05) is 0 Å². The van der Waals surface area contributed by atoms with Gasteiger partial charge in [0.1, 0.15) is 0 Å². The standard InChI is InChI=1S/C13H9N3OS/c17-13-15-10(9-3-5-14-6-4-9)8-11(16-13)12-2-1-7-18-12/h1-8H,(H,15,16,17). The van der Waals surface area contributed by atoms with Gasteiger partial charge in [0.05, 0.1) is 16.3 Å². The van der Waals surface area contributed by atoms with E-state index in [1.165, 1.54) is 0 Å². The molecule has 4 nitrogen and oxygen atoms in total. The third kappa shape index (κ3) is 2.08. The quantitative estimate of drug-likeness (QED) is 0.765. The van der Waals surface area contributed by atoms with Crippen LogP contribution >= 0.6 is 11.3 Å². The molecule has 0 fully saturated rings. The molecule has 88 valence electrons. The second-order valence-corrected chi connectivity index (χ2v) is 4.65. The van der Waals surface area contributed by atoms with Gasteiger partial charge >= 0.3 is 5.69 Å².